The van der Waals surface area contributed by atoms with E-state index >= 15 is 0 Å². The highest BCUT2D eigenvalue weighted by Crippen LogP contribution is 2.17. The number of fused-ring (bicyclic) bond motifs is 1. The van der Waals surface area contributed by atoms with Crippen LogP contribution in [0.2, 0.25) is 0 Å². The molecule has 1 N–H and O–H groups in total. The highest BCUT2D eigenvalue weighted by molar-refractivity contribution is 6.05. The topological polar surface area (TPSA) is 76.9 Å². The lowest BCUT2D eigenvalue weighted by Crippen LogP contribution is -2.23. The number of nitrogens with zero attached hydrogens (tertiary/aromatic N) is 3. The smallest absolute Gasteiger partial charge is 0.267 e. The molecule has 28 heavy (non-hydrogen) atoms. The van der Waals surface area contributed by atoms with Crippen molar-refractivity contribution in [3.8, 4) is 5.69 Å². The van der Waals surface area contributed by atoms with Crippen LogP contribution in [0.4, 0.5) is 5.69 Å². The Kier molecular flexibility index (Phi) is 4.45. The number of aryl methyl sites for hydroxylation is 2. The lowest BCUT2D eigenvalue weighted by molar-refractivity contribution is 0.102. The molecule has 0 aliphatic heterocycles. The molecule has 6 heteroatoms. The number of hydrogen-bond donors (Lipinski definition) is 1. The van der Waals surface area contributed by atoms with Gasteiger partial charge in [0.05, 0.1) is 11.1 Å². The molecule has 4 aromatic rings. The molecule has 0 aliphatic carbocycles. The zero-order valence-electron chi connectivity index (χ0n) is 15.5. The second kappa shape index (κ2) is 7.08. The summed E-state index contributed by atoms with van der Waals surface area (Å²) >= 11 is 0. The highest BCUT2D eigenvalue weighted by Gasteiger charge is 2.12. The summed E-state index contributed by atoms with van der Waals surface area (Å²) in [6.45, 7) is 3.65. The van der Waals surface area contributed by atoms with Gasteiger partial charge in [0.25, 0.3) is 11.5 Å². The zero-order chi connectivity index (χ0) is 19.7. The molecule has 6 nitrogen and oxygen atoms in total. The first-order valence-electron chi connectivity index (χ1n) is 8.86. The molecule has 1 amide bonds. The van der Waals surface area contributed by atoms with Crippen molar-refractivity contribution in [2.24, 2.45) is 0 Å². The van der Waals surface area contributed by atoms with Gasteiger partial charge in [-0.25, -0.2) is 9.97 Å². The summed E-state index contributed by atoms with van der Waals surface area (Å²) in [5, 5.41) is 3.34. The summed E-state index contributed by atoms with van der Waals surface area (Å²) in [6.07, 6.45) is 1.61. The third-order valence-electron chi connectivity index (χ3n) is 4.56. The molecule has 2 aromatic heterocycles. The largest absolute Gasteiger partial charge is 0.322 e. The van der Waals surface area contributed by atoms with E-state index in [2.05, 4.69) is 15.3 Å². The van der Waals surface area contributed by atoms with Crippen molar-refractivity contribution < 1.29 is 4.79 Å². The molecule has 0 atom stereocenters. The molecule has 0 radical (unpaired) electrons. The summed E-state index contributed by atoms with van der Waals surface area (Å²) in [7, 11) is 0. The van der Waals surface area contributed by atoms with Gasteiger partial charge in [-0.2, -0.15) is 0 Å². The van der Waals surface area contributed by atoms with Gasteiger partial charge in [0.15, 0.2) is 5.65 Å². The SMILES string of the molecule is Cc1ccccc1C(=O)Nc1cccc(-n2c(C)nc3ncccc3c2=O)c1. The Balaban J connectivity index is 1.74. The first-order valence-corrected chi connectivity index (χ1v) is 8.86. The highest BCUT2D eigenvalue weighted by atomic mass is 16.1. The minimum Gasteiger partial charge on any atom is -0.322 e. The average molecular weight is 370 g/mol. The second-order valence-corrected chi connectivity index (χ2v) is 6.49. The van der Waals surface area contributed by atoms with E-state index in [4.69, 9.17) is 0 Å². The summed E-state index contributed by atoms with van der Waals surface area (Å²) in [4.78, 5) is 34.1. The van der Waals surface area contributed by atoms with E-state index in [1.54, 1.807) is 49.5 Å². The quantitative estimate of drug-likeness (QED) is 0.597. The van der Waals surface area contributed by atoms with Crippen LogP contribution in [0.3, 0.4) is 0 Å². The molecule has 0 saturated carbocycles. The van der Waals surface area contributed by atoms with E-state index in [9.17, 15) is 9.59 Å². The van der Waals surface area contributed by atoms with E-state index in [-0.39, 0.29) is 11.5 Å². The number of hydrogen-bond acceptors (Lipinski definition) is 4. The van der Waals surface area contributed by atoms with Gasteiger partial charge < -0.3 is 5.32 Å². The van der Waals surface area contributed by atoms with E-state index in [1.165, 1.54) is 4.57 Å². The maximum atomic E-state index is 12.9. The third-order valence-corrected chi connectivity index (χ3v) is 4.56. The molecule has 138 valence electrons. The number of anilines is 1. The van der Waals surface area contributed by atoms with Crippen molar-refractivity contribution in [2.75, 3.05) is 5.32 Å². The van der Waals surface area contributed by atoms with Crippen LogP contribution in [0.15, 0.2) is 71.7 Å². The Labute approximate surface area is 161 Å². The molecular formula is C22H18N4O2. The Bertz CT molecular complexity index is 1260. The Morgan fingerprint density at radius 2 is 1.82 bits per heavy atom. The molecular weight excluding hydrogens is 352 g/mol. The number of nitrogens with one attached hydrogen (secondary N) is 1. The van der Waals surface area contributed by atoms with E-state index in [1.807, 2.05) is 31.2 Å². The van der Waals surface area contributed by atoms with E-state index in [0.717, 1.165) is 5.56 Å². The fourth-order valence-corrected chi connectivity index (χ4v) is 3.18. The second-order valence-electron chi connectivity index (χ2n) is 6.49. The number of aromatic nitrogens is 3. The number of carbonyl (C=O) groups excluding carboxylic acids is 1. The van der Waals surface area contributed by atoms with Gasteiger partial charge in [0.1, 0.15) is 5.82 Å². The molecule has 2 aromatic carbocycles. The minimum absolute atomic E-state index is 0.194. The van der Waals surface area contributed by atoms with Gasteiger partial charge in [-0.05, 0) is 55.8 Å². The predicted octanol–water partition coefficient (Wildman–Crippen LogP) is 3.65. The Hall–Kier alpha value is -3.80. The van der Waals surface area contributed by atoms with Gasteiger partial charge in [-0.1, -0.05) is 24.3 Å². The van der Waals surface area contributed by atoms with Crippen molar-refractivity contribution in [1.29, 1.82) is 0 Å². The van der Waals surface area contributed by atoms with Crippen molar-refractivity contribution in [3.05, 3.63) is 94.2 Å². The maximum absolute atomic E-state index is 12.9. The molecule has 2 heterocycles. The van der Waals surface area contributed by atoms with Crippen LogP contribution in [-0.4, -0.2) is 20.4 Å². The summed E-state index contributed by atoms with van der Waals surface area (Å²) in [5.74, 6) is 0.332. The first kappa shape index (κ1) is 17.6. The molecule has 0 spiro atoms. The summed E-state index contributed by atoms with van der Waals surface area (Å²) in [5.41, 5.74) is 2.96. The van der Waals surface area contributed by atoms with Crippen LogP contribution in [0, 0.1) is 13.8 Å². The normalized spacial score (nSPS) is 10.8. The van der Waals surface area contributed by atoms with Gasteiger partial charge >= 0.3 is 0 Å². The Morgan fingerprint density at radius 3 is 2.64 bits per heavy atom. The van der Waals surface area contributed by atoms with Gasteiger partial charge in [0.2, 0.25) is 0 Å². The van der Waals surface area contributed by atoms with Gasteiger partial charge in [0, 0.05) is 17.4 Å². The monoisotopic (exact) mass is 370 g/mol. The Morgan fingerprint density at radius 1 is 1.00 bits per heavy atom. The molecule has 0 unspecified atom stereocenters. The lowest BCUT2D eigenvalue weighted by atomic mass is 10.1. The standard InChI is InChI=1S/C22H18N4O2/c1-14-7-3-4-10-18(14)21(27)25-16-8-5-9-17(13-16)26-15(2)24-20-19(22(26)28)11-6-12-23-20/h3-13H,1-2H3,(H,25,27). The molecule has 0 fully saturated rings. The van der Waals surface area contributed by atoms with Crippen molar-refractivity contribution >= 4 is 22.6 Å². The van der Waals surface area contributed by atoms with Crippen LogP contribution >= 0.6 is 0 Å². The molecule has 0 aliphatic rings. The van der Waals surface area contributed by atoms with Crippen molar-refractivity contribution in [2.45, 2.75) is 13.8 Å². The number of rotatable bonds is 3. The van der Waals surface area contributed by atoms with Crippen LogP contribution in [0.1, 0.15) is 21.7 Å². The molecule has 0 bridgehead atoms. The van der Waals surface area contributed by atoms with E-state index in [0.29, 0.717) is 33.8 Å². The third kappa shape index (κ3) is 3.16. The fourth-order valence-electron chi connectivity index (χ4n) is 3.18. The summed E-state index contributed by atoms with van der Waals surface area (Å²) < 4.78 is 1.52. The number of amides is 1. The maximum Gasteiger partial charge on any atom is 0.267 e. The van der Waals surface area contributed by atoms with Crippen molar-refractivity contribution in [3.63, 3.8) is 0 Å². The van der Waals surface area contributed by atoms with Crippen LogP contribution in [0.5, 0.6) is 0 Å². The van der Waals surface area contributed by atoms with Crippen LogP contribution in [-0.2, 0) is 0 Å². The minimum atomic E-state index is -0.196. The first-order chi connectivity index (χ1) is 13.5. The number of benzene rings is 2. The van der Waals surface area contributed by atoms with Crippen LogP contribution in [0.25, 0.3) is 16.7 Å². The fraction of sp³-hybridized carbons (Fsp3) is 0.0909. The lowest BCUT2D eigenvalue weighted by Gasteiger charge is -2.13. The molecule has 0 saturated heterocycles. The summed E-state index contributed by atoms with van der Waals surface area (Å²) in [6, 6.07) is 18.0. The molecule has 4 rings (SSSR count). The van der Waals surface area contributed by atoms with Crippen LogP contribution < -0.4 is 10.9 Å². The average Bonchev–Trinajstić information content (AvgIpc) is 2.68. The van der Waals surface area contributed by atoms with Gasteiger partial charge in [-0.15, -0.1) is 0 Å². The van der Waals surface area contributed by atoms with Crippen molar-refractivity contribution in [1.82, 2.24) is 14.5 Å². The van der Waals surface area contributed by atoms with Gasteiger partial charge in [-0.3, -0.25) is 14.2 Å². The zero-order valence-corrected chi connectivity index (χ0v) is 15.5. The van der Waals surface area contributed by atoms with E-state index < -0.39 is 0 Å². The predicted molar refractivity (Wildman–Crippen MR) is 109 cm³/mol. The number of pyridine rings is 1. The number of carbonyl (C=O) groups is 1.